The fraction of sp³-hybridized carbons (Fsp3) is 0.412. The molecule has 0 aliphatic carbocycles. The van der Waals surface area contributed by atoms with E-state index in [0.717, 1.165) is 37.8 Å². The van der Waals surface area contributed by atoms with Crippen LogP contribution in [-0.2, 0) is 13.0 Å². The number of hydrogen-bond donors (Lipinski definition) is 2. The summed E-state index contributed by atoms with van der Waals surface area (Å²) < 4.78 is 7.43. The number of methoxy groups -OCH3 is 1. The summed E-state index contributed by atoms with van der Waals surface area (Å²) in [5.41, 5.74) is 2.44. The van der Waals surface area contributed by atoms with Crippen LogP contribution < -0.4 is 15.4 Å². The van der Waals surface area contributed by atoms with Gasteiger partial charge in [0.25, 0.3) is 0 Å². The fourth-order valence-corrected chi connectivity index (χ4v) is 2.36. The molecule has 2 aromatic rings. The predicted molar refractivity (Wildman–Crippen MR) is 93.0 cm³/mol. The van der Waals surface area contributed by atoms with Crippen molar-refractivity contribution in [1.29, 1.82) is 0 Å². The third kappa shape index (κ3) is 5.32. The normalized spacial score (nSPS) is 11.3. The van der Waals surface area contributed by atoms with Crippen LogP contribution in [0.5, 0.6) is 5.75 Å². The Hall–Kier alpha value is -2.50. The zero-order valence-electron chi connectivity index (χ0n) is 14.0. The Labute approximate surface area is 137 Å². The van der Waals surface area contributed by atoms with Crippen molar-refractivity contribution in [2.45, 2.75) is 19.9 Å². The van der Waals surface area contributed by atoms with Crippen molar-refractivity contribution in [3.8, 4) is 5.75 Å². The van der Waals surface area contributed by atoms with Crippen LogP contribution in [-0.4, -0.2) is 42.8 Å². The zero-order chi connectivity index (χ0) is 16.5. The van der Waals surface area contributed by atoms with Crippen molar-refractivity contribution in [2.75, 3.05) is 27.2 Å². The van der Waals surface area contributed by atoms with Gasteiger partial charge in [-0.2, -0.15) is 0 Å². The van der Waals surface area contributed by atoms with Gasteiger partial charge in [-0.1, -0.05) is 17.7 Å². The van der Waals surface area contributed by atoms with E-state index < -0.39 is 0 Å². The van der Waals surface area contributed by atoms with Gasteiger partial charge in [0, 0.05) is 39.1 Å². The molecule has 1 aromatic carbocycles. The van der Waals surface area contributed by atoms with E-state index in [-0.39, 0.29) is 0 Å². The van der Waals surface area contributed by atoms with Gasteiger partial charge in [0.15, 0.2) is 5.96 Å². The van der Waals surface area contributed by atoms with E-state index in [1.165, 1.54) is 11.1 Å². The Kier molecular flexibility index (Phi) is 6.47. The summed E-state index contributed by atoms with van der Waals surface area (Å²) in [7, 11) is 3.48. The van der Waals surface area contributed by atoms with Crippen molar-refractivity contribution in [3.63, 3.8) is 0 Å². The number of rotatable bonds is 7. The number of nitrogens with zero attached hydrogens (tertiary/aromatic N) is 3. The van der Waals surface area contributed by atoms with E-state index in [1.807, 2.05) is 23.2 Å². The minimum atomic E-state index is 0.795. The van der Waals surface area contributed by atoms with Gasteiger partial charge in [0.1, 0.15) is 5.75 Å². The molecule has 2 rings (SSSR count). The molecule has 0 saturated carbocycles. The first-order valence-electron chi connectivity index (χ1n) is 7.76. The number of guanidine groups is 1. The maximum Gasteiger partial charge on any atom is 0.191 e. The zero-order valence-corrected chi connectivity index (χ0v) is 14.0. The van der Waals surface area contributed by atoms with Crippen molar-refractivity contribution in [1.82, 2.24) is 20.2 Å². The monoisotopic (exact) mass is 315 g/mol. The number of nitrogens with one attached hydrogen (secondary N) is 2. The number of hydrogen-bond acceptors (Lipinski definition) is 3. The van der Waals surface area contributed by atoms with Gasteiger partial charge >= 0.3 is 0 Å². The highest BCUT2D eigenvalue weighted by atomic mass is 16.5. The van der Waals surface area contributed by atoms with Crippen molar-refractivity contribution in [2.24, 2.45) is 4.99 Å². The minimum Gasteiger partial charge on any atom is -0.496 e. The van der Waals surface area contributed by atoms with Gasteiger partial charge in [-0.05, 0) is 25.0 Å². The number of aliphatic imine (C=N–C) groups is 1. The molecule has 0 spiro atoms. The molecule has 1 heterocycles. The fourth-order valence-electron chi connectivity index (χ4n) is 2.36. The Morgan fingerprint density at radius 3 is 2.83 bits per heavy atom. The number of ether oxygens (including phenoxy) is 1. The topological polar surface area (TPSA) is 63.5 Å². The third-order valence-electron chi connectivity index (χ3n) is 3.57. The SMILES string of the molecule is CN=C(NCCc1cc(C)ccc1OC)NCCn1ccnc1. The first-order chi connectivity index (χ1) is 11.2. The molecule has 124 valence electrons. The average Bonchev–Trinajstić information content (AvgIpc) is 3.07. The summed E-state index contributed by atoms with van der Waals surface area (Å²) in [5, 5.41) is 6.62. The molecule has 2 N–H and O–H groups in total. The molecule has 0 unspecified atom stereocenters. The second-order valence-corrected chi connectivity index (χ2v) is 5.29. The Morgan fingerprint density at radius 2 is 2.13 bits per heavy atom. The van der Waals surface area contributed by atoms with E-state index in [2.05, 4.69) is 39.7 Å². The molecule has 6 heteroatoms. The van der Waals surface area contributed by atoms with E-state index in [0.29, 0.717) is 0 Å². The quantitative estimate of drug-likeness (QED) is 0.602. The van der Waals surface area contributed by atoms with Gasteiger partial charge in [-0.3, -0.25) is 4.99 Å². The standard InChI is InChI=1S/C17H25N5O/c1-14-4-5-16(23-3)15(12-14)6-7-20-17(18-2)21-9-11-22-10-8-19-13-22/h4-5,8,10,12-13H,6-7,9,11H2,1-3H3,(H2,18,20,21). The lowest BCUT2D eigenvalue weighted by Gasteiger charge is -2.13. The highest BCUT2D eigenvalue weighted by Gasteiger charge is 2.04. The summed E-state index contributed by atoms with van der Waals surface area (Å²) in [6, 6.07) is 6.24. The largest absolute Gasteiger partial charge is 0.496 e. The molecule has 0 fully saturated rings. The molecule has 0 aliphatic rings. The summed E-state index contributed by atoms with van der Waals surface area (Å²) in [5.74, 6) is 1.73. The molecule has 0 aliphatic heterocycles. The molecule has 0 saturated heterocycles. The molecule has 0 atom stereocenters. The number of imidazole rings is 1. The lowest BCUT2D eigenvalue weighted by atomic mass is 10.1. The van der Waals surface area contributed by atoms with Crippen LogP contribution >= 0.6 is 0 Å². The van der Waals surface area contributed by atoms with Gasteiger partial charge in [-0.25, -0.2) is 4.98 Å². The minimum absolute atomic E-state index is 0.795. The lowest BCUT2D eigenvalue weighted by Crippen LogP contribution is -2.39. The summed E-state index contributed by atoms with van der Waals surface area (Å²) in [6.07, 6.45) is 6.42. The molecule has 1 aromatic heterocycles. The van der Waals surface area contributed by atoms with Crippen LogP contribution in [0.15, 0.2) is 41.9 Å². The third-order valence-corrected chi connectivity index (χ3v) is 3.57. The molecule has 0 bridgehead atoms. The van der Waals surface area contributed by atoms with E-state index in [4.69, 9.17) is 4.74 Å². The smallest absolute Gasteiger partial charge is 0.191 e. The molecule has 23 heavy (non-hydrogen) atoms. The van der Waals surface area contributed by atoms with Gasteiger partial charge in [0.2, 0.25) is 0 Å². The molecule has 0 radical (unpaired) electrons. The van der Waals surface area contributed by atoms with Crippen LogP contribution in [0.4, 0.5) is 0 Å². The second kappa shape index (κ2) is 8.82. The Balaban J connectivity index is 1.76. The highest BCUT2D eigenvalue weighted by Crippen LogP contribution is 2.19. The average molecular weight is 315 g/mol. The van der Waals surface area contributed by atoms with Crippen molar-refractivity contribution < 1.29 is 4.74 Å². The molecule has 0 amide bonds. The van der Waals surface area contributed by atoms with Gasteiger partial charge in [0.05, 0.1) is 13.4 Å². The Bertz CT molecular complexity index is 622. The van der Waals surface area contributed by atoms with Crippen molar-refractivity contribution >= 4 is 5.96 Å². The number of benzene rings is 1. The van der Waals surface area contributed by atoms with Crippen LogP contribution in [0, 0.1) is 6.92 Å². The van der Waals surface area contributed by atoms with Crippen molar-refractivity contribution in [3.05, 3.63) is 48.0 Å². The summed E-state index contributed by atoms with van der Waals surface area (Å²) in [4.78, 5) is 8.26. The number of aromatic nitrogens is 2. The van der Waals surface area contributed by atoms with Gasteiger partial charge in [-0.15, -0.1) is 0 Å². The number of aryl methyl sites for hydroxylation is 1. The maximum absolute atomic E-state index is 5.41. The molecular weight excluding hydrogens is 290 g/mol. The van der Waals surface area contributed by atoms with Crippen LogP contribution in [0.1, 0.15) is 11.1 Å². The van der Waals surface area contributed by atoms with Gasteiger partial charge < -0.3 is 19.9 Å². The predicted octanol–water partition coefficient (Wildman–Crippen LogP) is 1.61. The molecule has 6 nitrogen and oxygen atoms in total. The highest BCUT2D eigenvalue weighted by molar-refractivity contribution is 5.79. The van der Waals surface area contributed by atoms with Crippen LogP contribution in [0.25, 0.3) is 0 Å². The summed E-state index contributed by atoms with van der Waals surface area (Å²) >= 11 is 0. The lowest BCUT2D eigenvalue weighted by molar-refractivity contribution is 0.409. The van der Waals surface area contributed by atoms with E-state index in [9.17, 15) is 0 Å². The molecular formula is C17H25N5O. The van der Waals surface area contributed by atoms with E-state index in [1.54, 1.807) is 20.4 Å². The second-order valence-electron chi connectivity index (χ2n) is 5.29. The van der Waals surface area contributed by atoms with E-state index >= 15 is 0 Å². The first-order valence-corrected chi connectivity index (χ1v) is 7.76. The Morgan fingerprint density at radius 1 is 1.30 bits per heavy atom. The summed E-state index contributed by atoms with van der Waals surface area (Å²) in [6.45, 7) is 4.54. The van der Waals surface area contributed by atoms with Crippen LogP contribution in [0.3, 0.4) is 0 Å². The first kappa shape index (κ1) is 16.9. The van der Waals surface area contributed by atoms with Crippen LogP contribution in [0.2, 0.25) is 0 Å². The maximum atomic E-state index is 5.41.